The van der Waals surface area contributed by atoms with Gasteiger partial charge in [-0.15, -0.1) is 0 Å². The van der Waals surface area contributed by atoms with Crippen molar-refractivity contribution in [3.05, 3.63) is 30.1 Å². The molecular weight excluding hydrogens is 490 g/mol. The number of aromatic nitrogens is 3. The number of nitrogens with zero attached hydrogens (tertiary/aromatic N) is 3. The zero-order chi connectivity index (χ0) is 27.5. The van der Waals surface area contributed by atoms with Crippen LogP contribution in [0.3, 0.4) is 0 Å². The number of benzene rings is 1. The second kappa shape index (κ2) is 13.9. The average Bonchev–Trinajstić information content (AvgIpc) is 3.27. The van der Waals surface area contributed by atoms with Crippen LogP contribution in [0.2, 0.25) is 0 Å². The average molecular weight is 526 g/mol. The molecule has 38 heavy (non-hydrogen) atoms. The molecule has 2 heterocycles. The summed E-state index contributed by atoms with van der Waals surface area (Å²) in [6, 6.07) is 7.89. The van der Waals surface area contributed by atoms with Crippen molar-refractivity contribution >= 4 is 51.4 Å². The number of amides is 3. The Morgan fingerprint density at radius 3 is 2.37 bits per heavy atom. The van der Waals surface area contributed by atoms with Crippen LogP contribution < -0.4 is 21.7 Å². The molecule has 12 nitrogen and oxygen atoms in total. The predicted molar refractivity (Wildman–Crippen MR) is 143 cm³/mol. The molecule has 0 saturated heterocycles. The van der Waals surface area contributed by atoms with E-state index in [2.05, 4.69) is 32.4 Å². The van der Waals surface area contributed by atoms with E-state index in [9.17, 15) is 19.2 Å². The van der Waals surface area contributed by atoms with Crippen LogP contribution in [0.4, 0.5) is 5.82 Å². The molecule has 0 aliphatic carbocycles. The summed E-state index contributed by atoms with van der Waals surface area (Å²) in [5, 5.41) is 16.8. The lowest BCUT2D eigenvalue weighted by atomic mass is 10.1. The van der Waals surface area contributed by atoms with Gasteiger partial charge in [-0.05, 0) is 25.3 Å². The largest absolute Gasteiger partial charge is 0.480 e. The molecule has 12 heteroatoms. The SMILES string of the molecule is CCCCc1nc2c(N)nc3ccccc3c2n1CCCCNC(=O)CCC(=O)NCC(=O)NCC(=O)O. The summed E-state index contributed by atoms with van der Waals surface area (Å²) < 4.78 is 2.23. The van der Waals surface area contributed by atoms with Gasteiger partial charge in [0.05, 0.1) is 17.6 Å². The van der Waals surface area contributed by atoms with E-state index in [1.54, 1.807) is 0 Å². The lowest BCUT2D eigenvalue weighted by Gasteiger charge is -2.11. The highest BCUT2D eigenvalue weighted by molar-refractivity contribution is 6.06. The molecule has 0 atom stereocenters. The van der Waals surface area contributed by atoms with Gasteiger partial charge in [-0.3, -0.25) is 19.2 Å². The molecule has 6 N–H and O–H groups in total. The molecule has 1 aromatic carbocycles. The van der Waals surface area contributed by atoms with Gasteiger partial charge >= 0.3 is 5.97 Å². The Morgan fingerprint density at radius 1 is 0.921 bits per heavy atom. The van der Waals surface area contributed by atoms with Crippen LogP contribution in [0.15, 0.2) is 24.3 Å². The molecule has 0 spiro atoms. The van der Waals surface area contributed by atoms with Crippen LogP contribution in [-0.2, 0) is 32.1 Å². The van der Waals surface area contributed by atoms with Crippen LogP contribution in [0.5, 0.6) is 0 Å². The number of rotatable bonds is 15. The normalized spacial score (nSPS) is 11.0. The fraction of sp³-hybridized carbons (Fsp3) is 0.462. The van der Waals surface area contributed by atoms with Gasteiger partial charge in [0.15, 0.2) is 5.82 Å². The molecule has 0 unspecified atom stereocenters. The molecule has 0 radical (unpaired) electrons. The van der Waals surface area contributed by atoms with Crippen LogP contribution in [0, 0.1) is 0 Å². The number of pyridine rings is 1. The fourth-order valence-corrected chi connectivity index (χ4v) is 4.11. The fourth-order valence-electron chi connectivity index (χ4n) is 4.11. The number of hydrogen-bond donors (Lipinski definition) is 5. The number of aryl methyl sites for hydroxylation is 2. The van der Waals surface area contributed by atoms with Gasteiger partial charge in [0.1, 0.15) is 17.9 Å². The lowest BCUT2D eigenvalue weighted by molar-refractivity contribution is -0.137. The molecular formula is C26H35N7O5. The Kier molecular flexibility index (Phi) is 10.4. The molecule has 3 aromatic rings. The topological polar surface area (TPSA) is 181 Å². The first-order valence-electron chi connectivity index (χ1n) is 12.8. The number of nitrogens with two attached hydrogens (primary N) is 1. The summed E-state index contributed by atoms with van der Waals surface area (Å²) in [6.45, 7) is 2.48. The second-order valence-corrected chi connectivity index (χ2v) is 9.00. The van der Waals surface area contributed by atoms with E-state index < -0.39 is 24.3 Å². The summed E-state index contributed by atoms with van der Waals surface area (Å²) in [5.74, 6) is -1.09. The standard InChI is InChI=1S/C26H35N7O5/c1-2-3-10-19-32-24-25(17-8-4-5-9-18(17)31-26(24)27)33(19)14-7-6-13-28-20(34)11-12-21(35)29-15-22(36)30-16-23(37)38/h4-5,8-9H,2-3,6-7,10-16H2,1H3,(H2,27,31)(H,28,34)(H,29,35)(H,30,36)(H,37,38). The molecule has 0 aliphatic heterocycles. The molecule has 3 rings (SSSR count). The number of unbranched alkanes of at least 4 members (excludes halogenated alkanes) is 2. The minimum Gasteiger partial charge on any atom is -0.480 e. The number of aliphatic carboxylic acids is 1. The highest BCUT2D eigenvalue weighted by atomic mass is 16.4. The summed E-state index contributed by atoms with van der Waals surface area (Å²) in [5.41, 5.74) is 8.79. The van der Waals surface area contributed by atoms with Gasteiger partial charge in [0, 0.05) is 37.7 Å². The predicted octanol–water partition coefficient (Wildman–Crippen LogP) is 1.50. The molecule has 0 bridgehead atoms. The highest BCUT2D eigenvalue weighted by Gasteiger charge is 2.17. The van der Waals surface area contributed by atoms with Gasteiger partial charge in [-0.1, -0.05) is 31.5 Å². The lowest BCUT2D eigenvalue weighted by Crippen LogP contribution is -2.39. The number of nitrogen functional groups attached to an aromatic ring is 1. The van der Waals surface area contributed by atoms with E-state index >= 15 is 0 Å². The van der Waals surface area contributed by atoms with Crippen molar-refractivity contribution < 1.29 is 24.3 Å². The van der Waals surface area contributed by atoms with Gasteiger partial charge in [0.2, 0.25) is 17.7 Å². The summed E-state index contributed by atoms with van der Waals surface area (Å²) in [7, 11) is 0. The van der Waals surface area contributed by atoms with Crippen LogP contribution in [0.25, 0.3) is 21.9 Å². The first-order chi connectivity index (χ1) is 18.3. The summed E-state index contributed by atoms with van der Waals surface area (Å²) in [6.07, 6.45) is 4.40. The quantitative estimate of drug-likeness (QED) is 0.185. The van der Waals surface area contributed by atoms with Crippen LogP contribution in [0.1, 0.15) is 51.3 Å². The monoisotopic (exact) mass is 525 g/mol. The number of anilines is 1. The van der Waals surface area contributed by atoms with Gasteiger partial charge in [-0.25, -0.2) is 9.97 Å². The number of hydrogen-bond acceptors (Lipinski definition) is 7. The van der Waals surface area contributed by atoms with E-state index in [0.29, 0.717) is 12.4 Å². The first kappa shape index (κ1) is 28.4. The third-order valence-electron chi connectivity index (χ3n) is 6.04. The third kappa shape index (κ3) is 7.89. The Labute approximate surface area is 220 Å². The number of fused-ring (bicyclic) bond motifs is 3. The molecule has 3 amide bonds. The Morgan fingerprint density at radius 2 is 1.63 bits per heavy atom. The van der Waals surface area contributed by atoms with E-state index in [0.717, 1.165) is 66.4 Å². The number of carboxylic acid groups (broad SMARTS) is 1. The van der Waals surface area contributed by atoms with E-state index in [-0.39, 0.29) is 25.3 Å². The maximum Gasteiger partial charge on any atom is 0.322 e. The minimum atomic E-state index is -1.17. The minimum absolute atomic E-state index is 0.00579. The van der Waals surface area contributed by atoms with Gasteiger partial charge in [0.25, 0.3) is 0 Å². The molecule has 0 aliphatic rings. The van der Waals surface area contributed by atoms with Crippen molar-refractivity contribution in [1.29, 1.82) is 0 Å². The Hall–Kier alpha value is -4.22. The number of nitrogens with one attached hydrogen (secondary N) is 3. The number of para-hydroxylation sites is 1. The number of imidazole rings is 1. The zero-order valence-electron chi connectivity index (χ0n) is 21.6. The highest BCUT2D eigenvalue weighted by Crippen LogP contribution is 2.29. The summed E-state index contributed by atoms with van der Waals surface area (Å²) >= 11 is 0. The van der Waals surface area contributed by atoms with Crippen molar-refractivity contribution in [1.82, 2.24) is 30.5 Å². The Balaban J connectivity index is 1.48. The van der Waals surface area contributed by atoms with Crippen LogP contribution >= 0.6 is 0 Å². The maximum absolute atomic E-state index is 12.1. The number of carbonyl (C=O) groups is 4. The third-order valence-corrected chi connectivity index (χ3v) is 6.04. The van der Waals surface area contributed by atoms with E-state index in [1.807, 2.05) is 24.3 Å². The summed E-state index contributed by atoms with van der Waals surface area (Å²) in [4.78, 5) is 55.1. The molecule has 0 fully saturated rings. The number of carbonyl (C=O) groups excluding carboxylic acids is 3. The molecule has 204 valence electrons. The maximum atomic E-state index is 12.1. The molecule has 2 aromatic heterocycles. The van der Waals surface area contributed by atoms with Gasteiger partial charge < -0.3 is 31.4 Å². The van der Waals surface area contributed by atoms with Crippen LogP contribution in [-0.4, -0.2) is 63.0 Å². The molecule has 0 saturated carbocycles. The van der Waals surface area contributed by atoms with E-state index in [1.165, 1.54) is 0 Å². The van der Waals surface area contributed by atoms with Gasteiger partial charge in [-0.2, -0.15) is 0 Å². The number of carboxylic acids is 1. The first-order valence-corrected chi connectivity index (χ1v) is 12.8. The Bertz CT molecular complexity index is 1300. The smallest absolute Gasteiger partial charge is 0.322 e. The zero-order valence-corrected chi connectivity index (χ0v) is 21.6. The van der Waals surface area contributed by atoms with Crippen molar-refractivity contribution in [2.45, 2.75) is 58.4 Å². The van der Waals surface area contributed by atoms with Crippen molar-refractivity contribution in [3.8, 4) is 0 Å². The van der Waals surface area contributed by atoms with Crippen molar-refractivity contribution in [2.24, 2.45) is 0 Å². The van der Waals surface area contributed by atoms with E-state index in [4.69, 9.17) is 15.8 Å². The van der Waals surface area contributed by atoms with Crippen molar-refractivity contribution in [2.75, 3.05) is 25.4 Å². The van der Waals surface area contributed by atoms with Crippen molar-refractivity contribution in [3.63, 3.8) is 0 Å². The second-order valence-electron chi connectivity index (χ2n) is 9.00.